The van der Waals surface area contributed by atoms with E-state index in [-0.39, 0.29) is 0 Å². The minimum atomic E-state index is -0.443. The minimum absolute atomic E-state index is 0.306. The first-order valence-corrected chi connectivity index (χ1v) is 17.9. The van der Waals surface area contributed by atoms with Gasteiger partial charge in [0.25, 0.3) is 5.91 Å². The third-order valence-corrected chi connectivity index (χ3v) is 9.98. The minimum Gasteiger partial charge on any atom is -0.493 e. The van der Waals surface area contributed by atoms with E-state index in [1.807, 2.05) is 36.4 Å². The molecule has 5 heterocycles. The van der Waals surface area contributed by atoms with Crippen LogP contribution >= 0.6 is 33.9 Å². The second-order valence-corrected chi connectivity index (χ2v) is 12.9. The number of aromatic nitrogens is 3. The topological polar surface area (TPSA) is 140 Å². The highest BCUT2D eigenvalue weighted by atomic mass is 127. The number of hydrogen-bond donors (Lipinski definition) is 2. The molecule has 0 bridgehead atoms. The van der Waals surface area contributed by atoms with E-state index in [0.717, 1.165) is 44.1 Å². The quantitative estimate of drug-likeness (QED) is 0.110. The zero-order valence-corrected chi connectivity index (χ0v) is 29.5. The lowest BCUT2D eigenvalue weighted by molar-refractivity contribution is 0.0321. The van der Waals surface area contributed by atoms with E-state index in [9.17, 15) is 9.59 Å². The van der Waals surface area contributed by atoms with Gasteiger partial charge in [-0.3, -0.25) is 14.7 Å². The Kier molecular flexibility index (Phi) is 10.0. The first-order valence-electron chi connectivity index (χ1n) is 15.5. The van der Waals surface area contributed by atoms with Crippen molar-refractivity contribution in [1.82, 2.24) is 19.9 Å². The number of halogens is 1. The van der Waals surface area contributed by atoms with Gasteiger partial charge in [0, 0.05) is 47.6 Å². The fourth-order valence-electron chi connectivity index (χ4n) is 5.61. The number of hydrogen-bond acceptors (Lipinski definition) is 11. The van der Waals surface area contributed by atoms with Crippen LogP contribution in [0.3, 0.4) is 0 Å². The lowest BCUT2D eigenvalue weighted by Gasteiger charge is -2.27. The Labute approximate surface area is 299 Å². The van der Waals surface area contributed by atoms with Crippen molar-refractivity contribution >= 4 is 79.0 Å². The lowest BCUT2D eigenvalue weighted by atomic mass is 10.1. The van der Waals surface area contributed by atoms with Crippen molar-refractivity contribution in [3.63, 3.8) is 0 Å². The second-order valence-electron chi connectivity index (χ2n) is 11.1. The monoisotopic (exact) mass is 793 g/mol. The molecule has 49 heavy (non-hydrogen) atoms. The van der Waals surface area contributed by atoms with Gasteiger partial charge in [-0.05, 0) is 42.5 Å². The van der Waals surface area contributed by atoms with E-state index in [2.05, 4.69) is 53.1 Å². The van der Waals surface area contributed by atoms with Crippen molar-refractivity contribution in [2.75, 3.05) is 62.1 Å². The number of pyridine rings is 1. The summed E-state index contributed by atoms with van der Waals surface area (Å²) < 4.78 is 23.7. The summed E-state index contributed by atoms with van der Waals surface area (Å²) >= 11 is 3.45. The molecule has 2 aliphatic rings. The number of urea groups is 1. The smallest absolute Gasteiger partial charge is 0.332 e. The molecule has 2 aromatic carbocycles. The van der Waals surface area contributed by atoms with Crippen LogP contribution in [0.1, 0.15) is 20.9 Å². The lowest BCUT2D eigenvalue weighted by Crippen LogP contribution is -2.38. The van der Waals surface area contributed by atoms with Crippen LogP contribution in [0.4, 0.5) is 27.7 Å². The van der Waals surface area contributed by atoms with Gasteiger partial charge in [-0.1, -0.05) is 28.7 Å². The van der Waals surface area contributed by atoms with Crippen molar-refractivity contribution in [3.05, 3.63) is 83.3 Å². The number of ether oxygens (including phenoxy) is 4. The molecule has 3 aromatic heterocycles. The number of nitrogens with zero attached hydrogens (tertiary/aromatic N) is 5. The van der Waals surface area contributed by atoms with Gasteiger partial charge in [0.15, 0.2) is 17.3 Å². The molecule has 3 amide bonds. The number of anilines is 4. The molecule has 5 aromatic rings. The number of methoxy groups -OCH3 is 1. The van der Waals surface area contributed by atoms with Gasteiger partial charge in [-0.2, -0.15) is 0 Å². The van der Waals surface area contributed by atoms with E-state index < -0.39 is 11.9 Å². The highest BCUT2D eigenvalue weighted by molar-refractivity contribution is 14.1. The molecule has 0 unspecified atom stereocenters. The molecule has 2 N–H and O–H groups in total. The largest absolute Gasteiger partial charge is 0.493 e. The Morgan fingerprint density at radius 2 is 1.90 bits per heavy atom. The van der Waals surface area contributed by atoms with Crippen molar-refractivity contribution < 1.29 is 28.5 Å². The van der Waals surface area contributed by atoms with E-state index in [4.69, 9.17) is 18.9 Å². The summed E-state index contributed by atoms with van der Waals surface area (Å²) in [6.45, 7) is 4.82. The zero-order chi connectivity index (χ0) is 33.7. The van der Waals surface area contributed by atoms with Gasteiger partial charge in [0.1, 0.15) is 35.0 Å². The molecule has 7 rings (SSSR count). The normalized spacial score (nSPS) is 14.4. The summed E-state index contributed by atoms with van der Waals surface area (Å²) in [5, 5.41) is 6.45. The number of carbonyl (C=O) groups is 2. The molecule has 2 aliphatic heterocycles. The summed E-state index contributed by atoms with van der Waals surface area (Å²) in [7, 11) is 1.55. The molecule has 0 atom stereocenters. The van der Waals surface area contributed by atoms with Gasteiger partial charge in [-0.25, -0.2) is 19.7 Å². The Morgan fingerprint density at radius 1 is 1.04 bits per heavy atom. The predicted molar refractivity (Wildman–Crippen MR) is 195 cm³/mol. The SMILES string of the molecule is COc1cc(NC(=O)c2sc3ncnc4c3c2NC(=O)N4c2ccc(OCc3ccccn3)c(CI)c2)ccc1OCCN1CCOCC1. The summed E-state index contributed by atoms with van der Waals surface area (Å²) in [6.07, 6.45) is 3.13. The molecule has 13 nitrogen and oxygen atoms in total. The maximum Gasteiger partial charge on any atom is 0.332 e. The number of amides is 3. The molecule has 1 saturated heterocycles. The standard InChI is InChI=1S/C34H32IN7O6S/c1-45-27-17-22(5-7-26(27)47-15-12-41-10-13-46-14-11-41)39-32(43)30-29-28-31(37-20-38-33(28)49-30)42(34(44)40-29)24-6-8-25(21(16-24)18-35)48-19-23-4-2-3-9-36-23/h2-9,16-17,20H,10-15,18-19H2,1H3,(H,39,43)(H,40,44). The fraction of sp³-hybridized carbons (Fsp3) is 0.265. The van der Waals surface area contributed by atoms with E-state index in [1.54, 1.807) is 31.5 Å². The van der Waals surface area contributed by atoms with Crippen LogP contribution in [0.2, 0.25) is 0 Å². The number of morpholine rings is 1. The van der Waals surface area contributed by atoms with Crippen LogP contribution < -0.4 is 29.7 Å². The molecule has 0 radical (unpaired) electrons. The highest BCUT2D eigenvalue weighted by Gasteiger charge is 2.34. The Morgan fingerprint density at radius 3 is 2.69 bits per heavy atom. The van der Waals surface area contributed by atoms with Crippen molar-refractivity contribution in [2.45, 2.75) is 11.0 Å². The maximum atomic E-state index is 13.7. The van der Waals surface area contributed by atoms with Crippen molar-refractivity contribution in [1.29, 1.82) is 0 Å². The highest BCUT2D eigenvalue weighted by Crippen LogP contribution is 2.45. The summed E-state index contributed by atoms with van der Waals surface area (Å²) in [5.41, 5.74) is 3.21. The summed E-state index contributed by atoms with van der Waals surface area (Å²) in [6, 6.07) is 16.0. The van der Waals surface area contributed by atoms with E-state index >= 15 is 0 Å². The number of benzene rings is 2. The molecule has 1 fully saturated rings. The van der Waals surface area contributed by atoms with E-state index in [0.29, 0.717) is 72.9 Å². The molecule has 0 aliphatic carbocycles. The number of thiophene rings is 1. The van der Waals surface area contributed by atoms with Crippen LogP contribution in [0, 0.1) is 0 Å². The maximum absolute atomic E-state index is 13.7. The zero-order valence-electron chi connectivity index (χ0n) is 26.5. The van der Waals surface area contributed by atoms with Gasteiger partial charge < -0.3 is 29.6 Å². The van der Waals surface area contributed by atoms with Gasteiger partial charge in [-0.15, -0.1) is 11.3 Å². The third-order valence-electron chi connectivity index (χ3n) is 8.06. The fourth-order valence-corrected chi connectivity index (χ4v) is 7.20. The molecular formula is C34H32IN7O6S. The number of alkyl halides is 1. The predicted octanol–water partition coefficient (Wildman–Crippen LogP) is 6.26. The van der Waals surface area contributed by atoms with Crippen LogP contribution in [-0.2, 0) is 15.8 Å². The van der Waals surface area contributed by atoms with Crippen molar-refractivity contribution in [2.24, 2.45) is 0 Å². The van der Waals surface area contributed by atoms with Crippen LogP contribution in [-0.4, -0.2) is 78.4 Å². The second kappa shape index (κ2) is 14.9. The number of nitrogens with one attached hydrogen (secondary N) is 2. The Balaban J connectivity index is 1.09. The van der Waals surface area contributed by atoms with Gasteiger partial charge >= 0.3 is 6.03 Å². The van der Waals surface area contributed by atoms with Gasteiger partial charge in [0.05, 0.1) is 42.8 Å². The average molecular weight is 794 g/mol. The summed E-state index contributed by atoms with van der Waals surface area (Å²) in [5.74, 6) is 1.77. The first-order chi connectivity index (χ1) is 24.0. The molecular weight excluding hydrogens is 761 g/mol. The third kappa shape index (κ3) is 7.10. The molecule has 0 saturated carbocycles. The van der Waals surface area contributed by atoms with Crippen LogP contribution in [0.25, 0.3) is 10.2 Å². The molecule has 252 valence electrons. The number of carbonyl (C=O) groups excluding carboxylic acids is 2. The molecule has 0 spiro atoms. The van der Waals surface area contributed by atoms with E-state index in [1.165, 1.54) is 22.6 Å². The van der Waals surface area contributed by atoms with Crippen LogP contribution in [0.5, 0.6) is 17.2 Å². The van der Waals surface area contributed by atoms with Gasteiger partial charge in [0.2, 0.25) is 0 Å². The van der Waals surface area contributed by atoms with Crippen molar-refractivity contribution in [3.8, 4) is 17.2 Å². The first kappa shape index (κ1) is 32.9. The van der Waals surface area contributed by atoms with Crippen LogP contribution in [0.15, 0.2) is 67.1 Å². The Bertz CT molecular complexity index is 1990. The average Bonchev–Trinajstić information content (AvgIpc) is 3.51. The molecule has 15 heteroatoms. The summed E-state index contributed by atoms with van der Waals surface area (Å²) in [4.78, 5) is 45.2. The Hall–Kier alpha value is -4.58. The number of rotatable bonds is 12.